The van der Waals surface area contributed by atoms with Crippen LogP contribution in [0.15, 0.2) is 24.3 Å². The molecular formula is C15H24N2. The molecule has 1 aliphatic rings. The lowest BCUT2D eigenvalue weighted by atomic mass is 10.0. The highest BCUT2D eigenvalue weighted by molar-refractivity contribution is 5.49. The molecule has 0 saturated carbocycles. The van der Waals surface area contributed by atoms with Gasteiger partial charge in [0.2, 0.25) is 0 Å². The zero-order valence-corrected chi connectivity index (χ0v) is 11.1. The van der Waals surface area contributed by atoms with Crippen molar-refractivity contribution in [2.24, 2.45) is 0 Å². The normalized spacial score (nSPS) is 17.9. The van der Waals surface area contributed by atoms with E-state index in [0.29, 0.717) is 5.92 Å². The fraction of sp³-hybridized carbons (Fsp3) is 0.600. The van der Waals surface area contributed by atoms with Crippen molar-refractivity contribution in [1.29, 1.82) is 0 Å². The summed E-state index contributed by atoms with van der Waals surface area (Å²) in [6.45, 7) is 9.18. The molecule has 0 unspecified atom stereocenters. The monoisotopic (exact) mass is 232 g/mol. The number of nitrogens with zero attached hydrogens (tertiary/aromatic N) is 1. The Balaban J connectivity index is 2.10. The highest BCUT2D eigenvalue weighted by atomic mass is 15.1. The average molecular weight is 232 g/mol. The average Bonchev–Trinajstić information content (AvgIpc) is 2.28. The third-order valence-corrected chi connectivity index (χ3v) is 3.47. The summed E-state index contributed by atoms with van der Waals surface area (Å²) in [6, 6.07) is 9.04. The van der Waals surface area contributed by atoms with Crippen molar-refractivity contribution in [3.8, 4) is 0 Å². The summed E-state index contributed by atoms with van der Waals surface area (Å²) in [7, 11) is 0. The molecule has 2 heteroatoms. The van der Waals surface area contributed by atoms with Gasteiger partial charge >= 0.3 is 0 Å². The van der Waals surface area contributed by atoms with E-state index in [0.717, 1.165) is 13.1 Å². The minimum Gasteiger partial charge on any atom is -0.371 e. The first-order chi connectivity index (χ1) is 8.27. The lowest BCUT2D eigenvalue weighted by molar-refractivity contribution is 0.567. The molecule has 17 heavy (non-hydrogen) atoms. The maximum absolute atomic E-state index is 3.46. The highest BCUT2D eigenvalue weighted by Gasteiger charge is 2.09. The summed E-state index contributed by atoms with van der Waals surface area (Å²) in [5.74, 6) is 0.617. The lowest BCUT2D eigenvalue weighted by Gasteiger charge is -2.27. The van der Waals surface area contributed by atoms with E-state index in [1.165, 1.54) is 37.2 Å². The first kappa shape index (κ1) is 12.4. The Kier molecular flexibility index (Phi) is 4.43. The van der Waals surface area contributed by atoms with Gasteiger partial charge in [0.1, 0.15) is 0 Å². The molecule has 0 amide bonds. The van der Waals surface area contributed by atoms with Crippen molar-refractivity contribution in [1.82, 2.24) is 5.32 Å². The van der Waals surface area contributed by atoms with Gasteiger partial charge in [-0.1, -0.05) is 26.0 Å². The molecule has 1 heterocycles. The Hall–Kier alpha value is -1.02. The van der Waals surface area contributed by atoms with Crippen LogP contribution in [-0.4, -0.2) is 26.2 Å². The third kappa shape index (κ3) is 3.47. The van der Waals surface area contributed by atoms with Gasteiger partial charge < -0.3 is 10.2 Å². The summed E-state index contributed by atoms with van der Waals surface area (Å²) in [6.07, 6.45) is 2.48. The van der Waals surface area contributed by atoms with E-state index in [9.17, 15) is 0 Å². The third-order valence-electron chi connectivity index (χ3n) is 3.47. The van der Waals surface area contributed by atoms with Crippen LogP contribution < -0.4 is 10.2 Å². The molecular weight excluding hydrogens is 208 g/mol. The fourth-order valence-corrected chi connectivity index (χ4v) is 2.37. The Bertz CT molecular complexity index is 339. The molecule has 1 N–H and O–H groups in total. The van der Waals surface area contributed by atoms with Gasteiger partial charge in [-0.3, -0.25) is 0 Å². The number of hydrogen-bond acceptors (Lipinski definition) is 2. The summed E-state index contributed by atoms with van der Waals surface area (Å²) >= 11 is 0. The second kappa shape index (κ2) is 6.06. The molecule has 2 rings (SSSR count). The molecule has 2 nitrogen and oxygen atoms in total. The molecule has 1 aromatic carbocycles. The predicted molar refractivity (Wildman–Crippen MR) is 74.8 cm³/mol. The first-order valence-corrected chi connectivity index (χ1v) is 6.83. The van der Waals surface area contributed by atoms with Crippen molar-refractivity contribution < 1.29 is 0 Å². The van der Waals surface area contributed by atoms with Gasteiger partial charge in [-0.15, -0.1) is 0 Å². The molecule has 0 spiro atoms. The Labute approximate surface area is 105 Å². The van der Waals surface area contributed by atoms with Gasteiger partial charge in [-0.2, -0.15) is 0 Å². The van der Waals surface area contributed by atoms with Crippen LogP contribution in [0.4, 0.5) is 5.69 Å². The molecule has 1 saturated heterocycles. The Morgan fingerprint density at radius 3 is 2.47 bits per heavy atom. The summed E-state index contributed by atoms with van der Waals surface area (Å²) < 4.78 is 0. The van der Waals surface area contributed by atoms with Crippen LogP contribution in [0.3, 0.4) is 0 Å². The second-order valence-corrected chi connectivity index (χ2v) is 5.19. The van der Waals surface area contributed by atoms with Crippen molar-refractivity contribution in [3.05, 3.63) is 29.8 Å². The number of nitrogens with one attached hydrogen (secondary N) is 1. The summed E-state index contributed by atoms with van der Waals surface area (Å²) in [5.41, 5.74) is 2.85. The van der Waals surface area contributed by atoms with E-state index in [1.54, 1.807) is 0 Å². The van der Waals surface area contributed by atoms with Gasteiger partial charge in [0.05, 0.1) is 0 Å². The molecule has 0 radical (unpaired) electrons. The maximum Gasteiger partial charge on any atom is 0.0369 e. The summed E-state index contributed by atoms with van der Waals surface area (Å²) in [4.78, 5) is 2.53. The molecule has 0 bridgehead atoms. The van der Waals surface area contributed by atoms with Crippen LogP contribution >= 0.6 is 0 Å². The standard InChI is InChI=1S/C15H24N2/c1-13(2)14-6-3-7-15(12-14)17-10-4-8-16-9-5-11-17/h3,6-7,12-13,16H,4-5,8-11H2,1-2H3. The zero-order chi connectivity index (χ0) is 12.1. The number of anilines is 1. The summed E-state index contributed by atoms with van der Waals surface area (Å²) in [5, 5.41) is 3.46. The van der Waals surface area contributed by atoms with Crippen LogP contribution in [0.5, 0.6) is 0 Å². The zero-order valence-electron chi connectivity index (χ0n) is 11.1. The molecule has 0 aromatic heterocycles. The number of benzene rings is 1. The van der Waals surface area contributed by atoms with Crippen molar-refractivity contribution in [2.45, 2.75) is 32.6 Å². The molecule has 1 aliphatic heterocycles. The van der Waals surface area contributed by atoms with Crippen LogP contribution in [0.1, 0.15) is 38.2 Å². The quantitative estimate of drug-likeness (QED) is 0.843. The van der Waals surface area contributed by atoms with Crippen LogP contribution in [0.2, 0.25) is 0 Å². The minimum absolute atomic E-state index is 0.617. The molecule has 1 aromatic rings. The number of hydrogen-bond donors (Lipinski definition) is 1. The molecule has 94 valence electrons. The van der Waals surface area contributed by atoms with E-state index in [-0.39, 0.29) is 0 Å². The minimum atomic E-state index is 0.617. The van der Waals surface area contributed by atoms with Crippen LogP contribution in [-0.2, 0) is 0 Å². The maximum atomic E-state index is 3.46. The van der Waals surface area contributed by atoms with Crippen LogP contribution in [0.25, 0.3) is 0 Å². The molecule has 1 fully saturated rings. The van der Waals surface area contributed by atoms with E-state index >= 15 is 0 Å². The second-order valence-electron chi connectivity index (χ2n) is 5.19. The first-order valence-electron chi connectivity index (χ1n) is 6.83. The van der Waals surface area contributed by atoms with Crippen molar-refractivity contribution in [2.75, 3.05) is 31.1 Å². The van der Waals surface area contributed by atoms with Crippen molar-refractivity contribution in [3.63, 3.8) is 0 Å². The SMILES string of the molecule is CC(C)c1cccc(N2CCCNCCC2)c1. The Morgan fingerprint density at radius 2 is 1.82 bits per heavy atom. The van der Waals surface area contributed by atoms with E-state index in [2.05, 4.69) is 48.3 Å². The van der Waals surface area contributed by atoms with E-state index in [1.807, 2.05) is 0 Å². The molecule has 0 aliphatic carbocycles. The van der Waals surface area contributed by atoms with Gasteiger partial charge in [0, 0.05) is 18.8 Å². The van der Waals surface area contributed by atoms with E-state index < -0.39 is 0 Å². The number of rotatable bonds is 2. The Morgan fingerprint density at radius 1 is 1.12 bits per heavy atom. The van der Waals surface area contributed by atoms with Crippen LogP contribution in [0, 0.1) is 0 Å². The topological polar surface area (TPSA) is 15.3 Å². The van der Waals surface area contributed by atoms with Gasteiger partial charge in [0.15, 0.2) is 0 Å². The highest BCUT2D eigenvalue weighted by Crippen LogP contribution is 2.22. The molecule has 0 atom stereocenters. The lowest BCUT2D eigenvalue weighted by Crippen LogP contribution is -2.33. The van der Waals surface area contributed by atoms with Gasteiger partial charge in [0.25, 0.3) is 0 Å². The van der Waals surface area contributed by atoms with Gasteiger partial charge in [-0.25, -0.2) is 0 Å². The van der Waals surface area contributed by atoms with Gasteiger partial charge in [-0.05, 0) is 49.5 Å². The van der Waals surface area contributed by atoms with Crippen molar-refractivity contribution >= 4 is 5.69 Å². The van der Waals surface area contributed by atoms with E-state index in [4.69, 9.17) is 0 Å². The largest absolute Gasteiger partial charge is 0.371 e. The smallest absolute Gasteiger partial charge is 0.0369 e. The fourth-order valence-electron chi connectivity index (χ4n) is 2.37. The predicted octanol–water partition coefficient (Wildman–Crippen LogP) is 3.00.